The monoisotopic (exact) mass is 328 g/mol. The van der Waals surface area contributed by atoms with E-state index in [2.05, 4.69) is 5.32 Å². The molecule has 0 saturated heterocycles. The summed E-state index contributed by atoms with van der Waals surface area (Å²) in [4.78, 5) is 14.7. The lowest BCUT2D eigenvalue weighted by molar-refractivity contribution is -0.136. The van der Waals surface area contributed by atoms with Gasteiger partial charge in [0.1, 0.15) is 12.4 Å². The molecule has 4 saturated carbocycles. The van der Waals surface area contributed by atoms with Gasteiger partial charge in [-0.1, -0.05) is 12.1 Å². The number of rotatable bonds is 1. The van der Waals surface area contributed by atoms with Gasteiger partial charge in [0.15, 0.2) is 0 Å². The van der Waals surface area contributed by atoms with Gasteiger partial charge in [-0.3, -0.25) is 4.90 Å². The maximum absolute atomic E-state index is 12.9. The van der Waals surface area contributed by atoms with Gasteiger partial charge >= 0.3 is 6.03 Å². The summed E-state index contributed by atoms with van der Waals surface area (Å²) in [6.45, 7) is 1.11. The van der Waals surface area contributed by atoms with Crippen LogP contribution in [0.2, 0.25) is 0 Å². The van der Waals surface area contributed by atoms with Crippen LogP contribution in [-0.4, -0.2) is 35.9 Å². The van der Waals surface area contributed by atoms with Gasteiger partial charge in [0, 0.05) is 6.04 Å². The number of aliphatic hydroxyl groups is 1. The SMILES string of the molecule is O=C(N[C@H]1C2CC3CC1C[C@](O)(C3)C2)N1CCOc2ccccc21. The molecule has 1 aromatic carbocycles. The lowest BCUT2D eigenvalue weighted by Gasteiger charge is -2.58. The van der Waals surface area contributed by atoms with Crippen LogP contribution in [0.25, 0.3) is 0 Å². The van der Waals surface area contributed by atoms with E-state index >= 15 is 0 Å². The molecule has 4 bridgehead atoms. The Kier molecular flexibility index (Phi) is 3.11. The molecule has 1 aromatic rings. The van der Waals surface area contributed by atoms with Crippen molar-refractivity contribution in [3.05, 3.63) is 24.3 Å². The predicted octanol–water partition coefficient (Wildman–Crippen LogP) is 2.53. The number of fused-ring (bicyclic) bond motifs is 1. The third kappa shape index (κ3) is 2.21. The molecule has 0 spiro atoms. The van der Waals surface area contributed by atoms with Crippen LogP contribution in [0.15, 0.2) is 24.3 Å². The smallest absolute Gasteiger partial charge is 0.322 e. The van der Waals surface area contributed by atoms with E-state index in [1.165, 1.54) is 0 Å². The Morgan fingerprint density at radius 2 is 1.96 bits per heavy atom. The molecule has 4 aliphatic carbocycles. The van der Waals surface area contributed by atoms with E-state index in [0.717, 1.165) is 43.5 Å². The van der Waals surface area contributed by atoms with Crippen LogP contribution >= 0.6 is 0 Å². The first-order valence-electron chi connectivity index (χ1n) is 9.14. The molecule has 6 rings (SSSR count). The van der Waals surface area contributed by atoms with Crippen LogP contribution in [-0.2, 0) is 0 Å². The summed E-state index contributed by atoms with van der Waals surface area (Å²) < 4.78 is 5.65. The predicted molar refractivity (Wildman–Crippen MR) is 90.1 cm³/mol. The van der Waals surface area contributed by atoms with Crippen molar-refractivity contribution in [2.24, 2.45) is 17.8 Å². The molecule has 1 aliphatic heterocycles. The van der Waals surface area contributed by atoms with Crippen molar-refractivity contribution in [3.63, 3.8) is 0 Å². The Balaban J connectivity index is 1.35. The lowest BCUT2D eigenvalue weighted by atomic mass is 9.52. The second-order valence-electron chi connectivity index (χ2n) is 8.14. The summed E-state index contributed by atoms with van der Waals surface area (Å²) in [5.41, 5.74) is 0.396. The summed E-state index contributed by atoms with van der Waals surface area (Å²) >= 11 is 0. The summed E-state index contributed by atoms with van der Waals surface area (Å²) in [6, 6.07) is 7.91. The van der Waals surface area contributed by atoms with Gasteiger partial charge in [0.2, 0.25) is 0 Å². The van der Waals surface area contributed by atoms with Crippen LogP contribution in [0.3, 0.4) is 0 Å². The largest absolute Gasteiger partial charge is 0.490 e. The number of benzene rings is 1. The molecule has 0 radical (unpaired) electrons. The Bertz CT molecular complexity index is 660. The van der Waals surface area contributed by atoms with Crippen molar-refractivity contribution in [3.8, 4) is 5.75 Å². The van der Waals surface area contributed by atoms with E-state index in [-0.39, 0.29) is 12.1 Å². The molecule has 1 heterocycles. The Morgan fingerprint density at radius 3 is 2.71 bits per heavy atom. The average molecular weight is 328 g/mol. The van der Waals surface area contributed by atoms with Gasteiger partial charge in [0.25, 0.3) is 0 Å². The zero-order valence-electron chi connectivity index (χ0n) is 13.8. The molecule has 24 heavy (non-hydrogen) atoms. The number of nitrogens with zero attached hydrogens (tertiary/aromatic N) is 1. The van der Waals surface area contributed by atoms with Crippen molar-refractivity contribution in [1.82, 2.24) is 5.32 Å². The van der Waals surface area contributed by atoms with E-state index in [1.54, 1.807) is 4.90 Å². The number of amides is 2. The molecule has 2 unspecified atom stereocenters. The van der Waals surface area contributed by atoms with E-state index in [1.807, 2.05) is 24.3 Å². The van der Waals surface area contributed by atoms with Gasteiger partial charge < -0.3 is 15.2 Å². The normalized spacial score (nSPS) is 39.3. The maximum Gasteiger partial charge on any atom is 0.322 e. The molecule has 0 aromatic heterocycles. The fourth-order valence-corrected chi connectivity index (χ4v) is 5.82. The second-order valence-corrected chi connectivity index (χ2v) is 8.14. The van der Waals surface area contributed by atoms with Crippen LogP contribution in [0.5, 0.6) is 5.75 Å². The standard InChI is InChI=1S/C19H24N2O3/c22-18(21-5-6-24-16-4-2-1-3-15(16)21)20-17-13-7-12-8-14(17)11-19(23,9-12)10-13/h1-4,12-14,17,23H,5-11H2,(H,20,22)/t12?,13?,14?,17-,19-. The number of ether oxygens (including phenoxy) is 1. The van der Waals surface area contributed by atoms with E-state index in [0.29, 0.717) is 30.9 Å². The maximum atomic E-state index is 12.9. The molecule has 128 valence electrons. The number of carbonyl (C=O) groups excluding carboxylic acids is 1. The summed E-state index contributed by atoms with van der Waals surface area (Å²) in [5, 5.41) is 14.0. The topological polar surface area (TPSA) is 61.8 Å². The van der Waals surface area contributed by atoms with Crippen LogP contribution in [0.4, 0.5) is 10.5 Å². The first-order valence-corrected chi connectivity index (χ1v) is 9.14. The van der Waals surface area contributed by atoms with E-state index in [4.69, 9.17) is 4.74 Å². The second kappa shape index (κ2) is 5.12. The minimum atomic E-state index is -0.455. The van der Waals surface area contributed by atoms with Crippen LogP contribution in [0, 0.1) is 17.8 Å². The molecular weight excluding hydrogens is 304 g/mol. The average Bonchev–Trinajstić information content (AvgIpc) is 2.56. The zero-order valence-corrected chi connectivity index (χ0v) is 13.8. The highest BCUT2D eigenvalue weighted by atomic mass is 16.5. The van der Waals surface area contributed by atoms with Gasteiger partial charge in [-0.25, -0.2) is 4.79 Å². The molecule has 2 amide bonds. The fourth-order valence-electron chi connectivity index (χ4n) is 5.82. The Labute approximate surface area is 142 Å². The lowest BCUT2D eigenvalue weighted by Crippen LogP contribution is -2.63. The van der Waals surface area contributed by atoms with Crippen molar-refractivity contribution < 1.29 is 14.6 Å². The van der Waals surface area contributed by atoms with Crippen LogP contribution in [0.1, 0.15) is 32.1 Å². The van der Waals surface area contributed by atoms with Crippen molar-refractivity contribution in [2.75, 3.05) is 18.1 Å². The number of para-hydroxylation sites is 2. The summed E-state index contributed by atoms with van der Waals surface area (Å²) in [5.74, 6) is 2.30. The van der Waals surface area contributed by atoms with Crippen LogP contribution < -0.4 is 15.0 Å². The molecule has 5 heteroatoms. The highest BCUT2D eigenvalue weighted by molar-refractivity contribution is 5.94. The number of hydrogen-bond acceptors (Lipinski definition) is 3. The van der Waals surface area contributed by atoms with Gasteiger partial charge in [-0.05, 0) is 62.0 Å². The first-order chi connectivity index (χ1) is 11.6. The number of urea groups is 1. The Morgan fingerprint density at radius 1 is 1.21 bits per heavy atom. The number of anilines is 1. The molecule has 4 fully saturated rings. The molecule has 2 N–H and O–H groups in total. The number of hydrogen-bond donors (Lipinski definition) is 2. The highest BCUT2D eigenvalue weighted by Gasteiger charge is 2.55. The number of nitrogens with one attached hydrogen (secondary N) is 1. The minimum Gasteiger partial charge on any atom is -0.490 e. The minimum absolute atomic E-state index is 0.0183. The summed E-state index contributed by atoms with van der Waals surface area (Å²) in [6.07, 6.45) is 4.99. The molecule has 2 atom stereocenters. The Hall–Kier alpha value is -1.75. The van der Waals surface area contributed by atoms with Gasteiger partial charge in [0.05, 0.1) is 17.8 Å². The van der Waals surface area contributed by atoms with Gasteiger partial charge in [-0.2, -0.15) is 0 Å². The zero-order chi connectivity index (χ0) is 16.3. The fraction of sp³-hybridized carbons (Fsp3) is 0.632. The number of carbonyl (C=O) groups is 1. The molecule has 5 nitrogen and oxygen atoms in total. The van der Waals surface area contributed by atoms with E-state index < -0.39 is 5.60 Å². The third-order valence-electron chi connectivity index (χ3n) is 6.50. The first kappa shape index (κ1) is 14.6. The highest BCUT2D eigenvalue weighted by Crippen LogP contribution is 2.55. The third-order valence-corrected chi connectivity index (χ3v) is 6.50. The molecule has 5 aliphatic rings. The molecular formula is C19H24N2O3. The van der Waals surface area contributed by atoms with Crippen molar-refractivity contribution in [2.45, 2.75) is 43.7 Å². The van der Waals surface area contributed by atoms with Gasteiger partial charge in [-0.15, -0.1) is 0 Å². The van der Waals surface area contributed by atoms with Crippen molar-refractivity contribution in [1.29, 1.82) is 0 Å². The summed E-state index contributed by atoms with van der Waals surface area (Å²) in [7, 11) is 0. The quantitative estimate of drug-likeness (QED) is 0.833. The van der Waals surface area contributed by atoms with E-state index in [9.17, 15) is 9.90 Å². The van der Waals surface area contributed by atoms with Crippen molar-refractivity contribution >= 4 is 11.7 Å².